The van der Waals surface area contributed by atoms with Gasteiger partial charge in [-0.2, -0.15) is 0 Å². The van der Waals surface area contributed by atoms with Crippen LogP contribution in [0, 0.1) is 0 Å². The van der Waals surface area contributed by atoms with Crippen molar-refractivity contribution in [3.8, 4) is 0 Å². The standard InChI is InChI=1S/C17H10O8S/c18-15-12-3-1-10(5-9(12)7-23-8-24-15)26(21,22)11-2-4-13-14(6-11)17(20)25-16(13)19/h1-6H,7-8H2. The number of fused-ring (bicyclic) bond motifs is 2. The van der Waals surface area contributed by atoms with Crippen LogP contribution in [0.4, 0.5) is 0 Å². The molecule has 2 heterocycles. The van der Waals surface area contributed by atoms with Gasteiger partial charge in [0, 0.05) is 0 Å². The molecular weight excluding hydrogens is 364 g/mol. The van der Waals surface area contributed by atoms with E-state index in [9.17, 15) is 22.8 Å². The van der Waals surface area contributed by atoms with Crippen LogP contribution in [-0.2, 0) is 30.7 Å². The fourth-order valence-electron chi connectivity index (χ4n) is 2.75. The number of esters is 3. The van der Waals surface area contributed by atoms with Crippen LogP contribution in [0.15, 0.2) is 46.2 Å². The van der Waals surface area contributed by atoms with E-state index in [0.717, 1.165) is 6.07 Å². The summed E-state index contributed by atoms with van der Waals surface area (Å²) in [5, 5.41) is 0. The van der Waals surface area contributed by atoms with Crippen molar-refractivity contribution in [2.24, 2.45) is 0 Å². The van der Waals surface area contributed by atoms with Gasteiger partial charge in [-0.1, -0.05) is 0 Å². The Labute approximate surface area is 147 Å². The fourth-order valence-corrected chi connectivity index (χ4v) is 4.08. The number of hydrogen-bond donors (Lipinski definition) is 0. The van der Waals surface area contributed by atoms with Crippen LogP contribution in [0.2, 0.25) is 0 Å². The first-order chi connectivity index (χ1) is 12.4. The van der Waals surface area contributed by atoms with Gasteiger partial charge >= 0.3 is 17.9 Å². The van der Waals surface area contributed by atoms with Gasteiger partial charge in [0.1, 0.15) is 0 Å². The molecule has 0 fully saturated rings. The van der Waals surface area contributed by atoms with Crippen molar-refractivity contribution in [1.82, 2.24) is 0 Å². The molecule has 0 spiro atoms. The quantitative estimate of drug-likeness (QED) is 0.574. The molecule has 0 aliphatic carbocycles. The molecule has 26 heavy (non-hydrogen) atoms. The monoisotopic (exact) mass is 374 g/mol. The second-order valence-corrected chi connectivity index (χ2v) is 7.55. The number of benzene rings is 2. The summed E-state index contributed by atoms with van der Waals surface area (Å²) in [4.78, 5) is 34.7. The third-order valence-corrected chi connectivity index (χ3v) is 5.81. The van der Waals surface area contributed by atoms with E-state index in [1.807, 2.05) is 0 Å². The molecule has 8 nitrogen and oxygen atoms in total. The van der Waals surface area contributed by atoms with Crippen molar-refractivity contribution in [3.63, 3.8) is 0 Å². The van der Waals surface area contributed by atoms with E-state index < -0.39 is 27.7 Å². The molecule has 2 aliphatic heterocycles. The molecule has 0 atom stereocenters. The molecule has 0 saturated heterocycles. The molecular formula is C17H10O8S. The third kappa shape index (κ3) is 2.49. The van der Waals surface area contributed by atoms with Crippen LogP contribution in [-0.4, -0.2) is 33.1 Å². The number of carbonyl (C=O) groups is 3. The highest BCUT2D eigenvalue weighted by Gasteiger charge is 2.32. The lowest BCUT2D eigenvalue weighted by molar-refractivity contribution is -0.0314. The summed E-state index contributed by atoms with van der Waals surface area (Å²) < 4.78 is 40.2. The highest BCUT2D eigenvalue weighted by molar-refractivity contribution is 7.91. The predicted molar refractivity (Wildman–Crippen MR) is 83.2 cm³/mol. The molecule has 0 saturated carbocycles. The van der Waals surface area contributed by atoms with E-state index in [2.05, 4.69) is 4.74 Å². The second-order valence-electron chi connectivity index (χ2n) is 5.60. The van der Waals surface area contributed by atoms with Gasteiger partial charge < -0.3 is 14.2 Å². The van der Waals surface area contributed by atoms with Crippen LogP contribution in [0.3, 0.4) is 0 Å². The zero-order valence-corrected chi connectivity index (χ0v) is 13.9. The molecule has 0 aromatic heterocycles. The van der Waals surface area contributed by atoms with Crippen molar-refractivity contribution in [2.45, 2.75) is 16.4 Å². The van der Waals surface area contributed by atoms with E-state index in [1.54, 1.807) is 0 Å². The summed E-state index contributed by atoms with van der Waals surface area (Å²) in [6.45, 7) is -0.188. The van der Waals surface area contributed by atoms with Gasteiger partial charge in [-0.15, -0.1) is 0 Å². The number of ether oxygens (including phenoxy) is 3. The number of cyclic esters (lactones) is 3. The summed E-state index contributed by atoms with van der Waals surface area (Å²) in [5.41, 5.74) is 0.527. The minimum Gasteiger partial charge on any atom is -0.435 e. The highest BCUT2D eigenvalue weighted by Crippen LogP contribution is 2.29. The Kier molecular flexibility index (Phi) is 3.63. The molecule has 0 bridgehead atoms. The molecule has 0 unspecified atom stereocenters. The molecule has 4 rings (SSSR count). The lowest BCUT2D eigenvalue weighted by atomic mass is 10.1. The molecule has 2 aromatic rings. The van der Waals surface area contributed by atoms with E-state index in [1.165, 1.54) is 30.3 Å². The topological polar surface area (TPSA) is 113 Å². The average Bonchev–Trinajstić information content (AvgIpc) is 2.79. The molecule has 132 valence electrons. The van der Waals surface area contributed by atoms with Crippen molar-refractivity contribution < 1.29 is 37.0 Å². The Morgan fingerprint density at radius 2 is 1.42 bits per heavy atom. The Balaban J connectivity index is 1.80. The fraction of sp³-hybridized carbons (Fsp3) is 0.118. The van der Waals surface area contributed by atoms with Gasteiger partial charge in [-0.3, -0.25) is 0 Å². The van der Waals surface area contributed by atoms with E-state index in [-0.39, 0.29) is 39.9 Å². The zero-order chi connectivity index (χ0) is 18.5. The van der Waals surface area contributed by atoms with Gasteiger partial charge in [-0.25, -0.2) is 22.8 Å². The Bertz CT molecular complexity index is 1080. The molecule has 0 radical (unpaired) electrons. The predicted octanol–water partition coefficient (Wildman–Crippen LogP) is 1.47. The van der Waals surface area contributed by atoms with Gasteiger partial charge in [0.2, 0.25) is 9.84 Å². The van der Waals surface area contributed by atoms with E-state index in [0.29, 0.717) is 5.56 Å². The summed E-state index contributed by atoms with van der Waals surface area (Å²) >= 11 is 0. The molecule has 2 aliphatic rings. The van der Waals surface area contributed by atoms with E-state index in [4.69, 9.17) is 9.47 Å². The second kappa shape index (κ2) is 5.75. The van der Waals surface area contributed by atoms with Gasteiger partial charge in [0.05, 0.1) is 33.1 Å². The van der Waals surface area contributed by atoms with Crippen LogP contribution < -0.4 is 0 Å². The maximum atomic E-state index is 12.9. The maximum Gasteiger partial charge on any atom is 0.346 e. The van der Waals surface area contributed by atoms with Gasteiger partial charge in [0.15, 0.2) is 6.79 Å². The number of carbonyl (C=O) groups excluding carboxylic acids is 3. The molecule has 0 N–H and O–H groups in total. The van der Waals surface area contributed by atoms with Gasteiger partial charge in [-0.05, 0) is 42.0 Å². The van der Waals surface area contributed by atoms with Crippen molar-refractivity contribution in [1.29, 1.82) is 0 Å². The lowest BCUT2D eigenvalue weighted by Gasteiger charge is -2.09. The van der Waals surface area contributed by atoms with Crippen molar-refractivity contribution >= 4 is 27.7 Å². The van der Waals surface area contributed by atoms with Crippen molar-refractivity contribution in [2.75, 3.05) is 6.79 Å². The van der Waals surface area contributed by atoms with Crippen LogP contribution >= 0.6 is 0 Å². The first-order valence-electron chi connectivity index (χ1n) is 7.41. The average molecular weight is 374 g/mol. The van der Waals surface area contributed by atoms with Gasteiger partial charge in [0.25, 0.3) is 0 Å². The number of hydrogen-bond acceptors (Lipinski definition) is 8. The van der Waals surface area contributed by atoms with Crippen LogP contribution in [0.25, 0.3) is 0 Å². The largest absolute Gasteiger partial charge is 0.435 e. The zero-order valence-electron chi connectivity index (χ0n) is 13.1. The summed E-state index contributed by atoms with van der Waals surface area (Å²) in [7, 11) is -3.99. The number of sulfone groups is 1. The molecule has 0 amide bonds. The SMILES string of the molecule is O=C1OCOCc2cc(S(=O)(=O)c3ccc4c(c3)C(=O)OC4=O)ccc21. The molecule has 9 heteroatoms. The minimum atomic E-state index is -3.99. The maximum absolute atomic E-state index is 12.9. The highest BCUT2D eigenvalue weighted by atomic mass is 32.2. The van der Waals surface area contributed by atoms with Crippen molar-refractivity contribution in [3.05, 3.63) is 58.7 Å². The Hall–Kier alpha value is -3.04. The Morgan fingerprint density at radius 3 is 2.19 bits per heavy atom. The first-order valence-corrected chi connectivity index (χ1v) is 8.90. The summed E-state index contributed by atoms with van der Waals surface area (Å²) in [6, 6.07) is 7.52. The van der Waals surface area contributed by atoms with Crippen LogP contribution in [0.5, 0.6) is 0 Å². The normalized spacial score (nSPS) is 16.4. The molecule has 2 aromatic carbocycles. The third-order valence-electron chi connectivity index (χ3n) is 4.06. The first kappa shape index (κ1) is 16.4. The van der Waals surface area contributed by atoms with E-state index >= 15 is 0 Å². The minimum absolute atomic E-state index is 0.0204. The summed E-state index contributed by atoms with van der Waals surface area (Å²) in [6.07, 6.45) is 0. The lowest BCUT2D eigenvalue weighted by Crippen LogP contribution is -2.08. The van der Waals surface area contributed by atoms with Crippen LogP contribution in [0.1, 0.15) is 36.6 Å². The smallest absolute Gasteiger partial charge is 0.346 e. The Morgan fingerprint density at radius 1 is 0.769 bits per heavy atom. The summed E-state index contributed by atoms with van der Waals surface area (Å²) in [5.74, 6) is -2.30. The number of rotatable bonds is 2.